The Hall–Kier alpha value is -1.42. The van der Waals surface area contributed by atoms with Crippen molar-refractivity contribution in [1.82, 2.24) is 9.47 Å². The van der Waals surface area contributed by atoms with Crippen molar-refractivity contribution >= 4 is 17.3 Å². The molecule has 0 aliphatic carbocycles. The van der Waals surface area contributed by atoms with E-state index in [1.807, 2.05) is 36.5 Å². The molecule has 1 aliphatic heterocycles. The third-order valence-corrected chi connectivity index (χ3v) is 4.44. The quantitative estimate of drug-likeness (QED) is 0.785. The van der Waals surface area contributed by atoms with Crippen molar-refractivity contribution in [2.75, 3.05) is 13.6 Å². The largest absolute Gasteiger partial charge is 0.315 e. The van der Waals surface area contributed by atoms with Crippen molar-refractivity contribution in [1.29, 1.82) is 0 Å². The first-order chi connectivity index (χ1) is 9.59. The lowest BCUT2D eigenvalue weighted by Gasteiger charge is -2.31. The van der Waals surface area contributed by atoms with Gasteiger partial charge in [-0.1, -0.05) is 23.7 Å². The maximum absolute atomic E-state index is 6.16. The van der Waals surface area contributed by atoms with E-state index in [9.17, 15) is 0 Å². The van der Waals surface area contributed by atoms with Gasteiger partial charge < -0.3 is 4.74 Å². The summed E-state index contributed by atoms with van der Waals surface area (Å²) in [5.74, 6) is 0. The highest BCUT2D eigenvalue weighted by Gasteiger charge is 2.44. The van der Waals surface area contributed by atoms with Gasteiger partial charge in [0.05, 0.1) is 13.2 Å². The minimum atomic E-state index is 0.0903. The fraction of sp³-hybridized carbons (Fsp3) is 0.312. The van der Waals surface area contributed by atoms with Crippen molar-refractivity contribution in [3.63, 3.8) is 0 Å². The molecule has 0 radical (unpaired) electrons. The van der Waals surface area contributed by atoms with Gasteiger partial charge in [0.25, 0.3) is 0 Å². The molecule has 104 valence electrons. The highest BCUT2D eigenvalue weighted by Crippen LogP contribution is 2.37. The van der Waals surface area contributed by atoms with E-state index >= 15 is 0 Å². The molecule has 1 fully saturated rings. The maximum Gasteiger partial charge on any atom is 0.196 e. The Bertz CT molecular complexity index is 587. The van der Waals surface area contributed by atoms with Gasteiger partial charge in [0.1, 0.15) is 12.6 Å². The number of aromatic nitrogens is 1. The Labute approximate surface area is 124 Å². The van der Waals surface area contributed by atoms with Crippen LogP contribution in [0.5, 0.6) is 0 Å². The number of rotatable bonds is 2. The Kier molecular flexibility index (Phi) is 3.50. The van der Waals surface area contributed by atoms with Gasteiger partial charge in [0.15, 0.2) is 11.9 Å². The lowest BCUT2D eigenvalue weighted by molar-refractivity contribution is 0.0224. The number of halogens is 1. The second kappa shape index (κ2) is 5.17. The lowest BCUT2D eigenvalue weighted by Crippen LogP contribution is -2.48. The van der Waals surface area contributed by atoms with Gasteiger partial charge >= 0.3 is 0 Å². The van der Waals surface area contributed by atoms with Crippen molar-refractivity contribution in [2.45, 2.75) is 19.3 Å². The van der Waals surface area contributed by atoms with Crippen LogP contribution in [0.4, 0.5) is 5.69 Å². The van der Waals surface area contributed by atoms with Crippen LogP contribution in [0.25, 0.3) is 0 Å². The third-order valence-electron chi connectivity index (χ3n) is 4.19. The monoisotopic (exact) mass is 289 g/mol. The zero-order valence-corrected chi connectivity index (χ0v) is 12.4. The van der Waals surface area contributed by atoms with Gasteiger partial charge in [0.2, 0.25) is 0 Å². The number of likely N-dealkylation sites (N-methyl/N-ethyl adjacent to an activating group) is 1. The number of nitrogens with zero attached hydrogens (tertiary/aromatic N) is 2. The molecule has 0 saturated carbocycles. The van der Waals surface area contributed by atoms with Crippen molar-refractivity contribution < 1.29 is 4.74 Å². The second-order valence-electron chi connectivity index (χ2n) is 5.44. The number of hydrogen-bond acceptors (Lipinski definition) is 2. The van der Waals surface area contributed by atoms with E-state index in [1.165, 1.54) is 11.3 Å². The van der Waals surface area contributed by atoms with E-state index in [0.29, 0.717) is 0 Å². The van der Waals surface area contributed by atoms with Crippen LogP contribution >= 0.6 is 11.6 Å². The fourth-order valence-corrected chi connectivity index (χ4v) is 2.87. The molecule has 0 amide bonds. The Morgan fingerprint density at radius 3 is 2.65 bits per heavy atom. The zero-order valence-electron chi connectivity index (χ0n) is 11.7. The number of ether oxygens (including phenoxy) is 1. The molecule has 3 rings (SSSR count). The molecule has 1 aromatic carbocycles. The fourth-order valence-electron chi connectivity index (χ4n) is 2.74. The zero-order chi connectivity index (χ0) is 14.2. The van der Waals surface area contributed by atoms with E-state index < -0.39 is 0 Å². The molecular weight excluding hydrogens is 272 g/mol. The molecule has 3 unspecified atom stereocenters. The molecule has 1 saturated heterocycles. The Morgan fingerprint density at radius 2 is 2.00 bits per heavy atom. The smallest absolute Gasteiger partial charge is 0.196 e. The number of pyridine rings is 1. The van der Waals surface area contributed by atoms with Crippen molar-refractivity contribution in [3.8, 4) is 0 Å². The summed E-state index contributed by atoms with van der Waals surface area (Å²) in [5, 5.41) is 0.754. The van der Waals surface area contributed by atoms with E-state index in [-0.39, 0.29) is 12.3 Å². The van der Waals surface area contributed by atoms with Crippen LogP contribution in [0.1, 0.15) is 18.6 Å². The Morgan fingerprint density at radius 1 is 1.25 bits per heavy atom. The summed E-state index contributed by atoms with van der Waals surface area (Å²) in [5.41, 5.74) is 2.35. The summed E-state index contributed by atoms with van der Waals surface area (Å²) in [6.45, 7) is 3.01. The first-order valence-corrected chi connectivity index (χ1v) is 7.14. The van der Waals surface area contributed by atoms with Gasteiger partial charge in [-0.25, -0.2) is 0 Å². The van der Waals surface area contributed by atoms with Crippen LogP contribution < -0.4 is 4.48 Å². The van der Waals surface area contributed by atoms with E-state index in [0.717, 1.165) is 16.1 Å². The third kappa shape index (κ3) is 2.33. The van der Waals surface area contributed by atoms with Gasteiger partial charge in [0, 0.05) is 24.2 Å². The summed E-state index contributed by atoms with van der Waals surface area (Å²) < 4.78 is 6.90. The van der Waals surface area contributed by atoms with E-state index in [4.69, 9.17) is 16.3 Å². The topological polar surface area (TPSA) is 22.1 Å². The molecule has 2 heterocycles. The first-order valence-electron chi connectivity index (χ1n) is 6.76. The molecule has 1 aliphatic rings. The van der Waals surface area contributed by atoms with E-state index in [2.05, 4.69) is 25.0 Å². The van der Waals surface area contributed by atoms with Crippen LogP contribution in [0, 0.1) is 0 Å². The SMILES string of the molecule is CC1OC(c2ccc(Cl)cc2)C[N+]1(C)c1cccnc1. The molecule has 20 heavy (non-hydrogen) atoms. The molecule has 2 aromatic rings. The molecule has 3 atom stereocenters. The molecule has 0 spiro atoms. The normalized spacial score (nSPS) is 29.6. The molecule has 0 bridgehead atoms. The predicted molar refractivity (Wildman–Crippen MR) is 81.6 cm³/mol. The lowest BCUT2D eigenvalue weighted by atomic mass is 10.1. The maximum atomic E-state index is 6.16. The van der Waals surface area contributed by atoms with Gasteiger partial charge in [-0.05, 0) is 23.8 Å². The molecule has 1 aromatic heterocycles. The van der Waals surface area contributed by atoms with Crippen LogP contribution in [-0.2, 0) is 4.74 Å². The summed E-state index contributed by atoms with van der Waals surface area (Å²) in [6, 6.07) is 12.0. The van der Waals surface area contributed by atoms with Gasteiger partial charge in [-0.2, -0.15) is 0 Å². The number of benzene rings is 1. The second-order valence-corrected chi connectivity index (χ2v) is 5.87. The van der Waals surface area contributed by atoms with Crippen LogP contribution in [0.2, 0.25) is 5.02 Å². The molecule has 4 heteroatoms. The van der Waals surface area contributed by atoms with Crippen LogP contribution in [0.15, 0.2) is 48.8 Å². The van der Waals surface area contributed by atoms with Crippen LogP contribution in [0.3, 0.4) is 0 Å². The average Bonchev–Trinajstić information content (AvgIpc) is 2.78. The first kappa shape index (κ1) is 13.6. The molecule has 3 nitrogen and oxygen atoms in total. The van der Waals surface area contributed by atoms with Crippen LogP contribution in [-0.4, -0.2) is 24.8 Å². The molecule has 0 N–H and O–H groups in total. The summed E-state index contributed by atoms with van der Waals surface area (Å²) >= 11 is 5.95. The predicted octanol–water partition coefficient (Wildman–Crippen LogP) is 3.79. The van der Waals surface area contributed by atoms with Crippen molar-refractivity contribution in [3.05, 3.63) is 59.4 Å². The molecular formula is C16H18ClN2O+. The Balaban J connectivity index is 1.88. The summed E-state index contributed by atoms with van der Waals surface area (Å²) in [4.78, 5) is 4.23. The summed E-state index contributed by atoms with van der Waals surface area (Å²) in [6.07, 6.45) is 3.91. The number of hydrogen-bond donors (Lipinski definition) is 0. The minimum Gasteiger partial charge on any atom is -0.315 e. The minimum absolute atomic E-state index is 0.0903. The van der Waals surface area contributed by atoms with E-state index in [1.54, 1.807) is 6.20 Å². The highest BCUT2D eigenvalue weighted by molar-refractivity contribution is 6.30. The average molecular weight is 290 g/mol. The van der Waals surface area contributed by atoms with Gasteiger partial charge in [-0.15, -0.1) is 0 Å². The summed E-state index contributed by atoms with van der Waals surface area (Å²) in [7, 11) is 2.19. The highest BCUT2D eigenvalue weighted by atomic mass is 35.5. The van der Waals surface area contributed by atoms with Gasteiger partial charge in [-0.3, -0.25) is 9.47 Å². The number of quaternary nitrogens is 1. The van der Waals surface area contributed by atoms with Crippen molar-refractivity contribution in [2.24, 2.45) is 0 Å². The standard InChI is InChI=1S/C16H18ClN2O/c1-12-19(2,15-4-3-9-18-10-15)11-16(20-12)13-5-7-14(17)8-6-13/h3-10,12,16H,11H2,1-2H3/q+1.